The highest BCUT2D eigenvalue weighted by Gasteiger charge is 2.37. The van der Waals surface area contributed by atoms with Crippen LogP contribution in [0.2, 0.25) is 0 Å². The van der Waals surface area contributed by atoms with Crippen molar-refractivity contribution in [1.82, 2.24) is 10.2 Å². The minimum absolute atomic E-state index is 0.0763. The molecule has 2 aromatic carbocycles. The molecule has 6 rings (SSSR count). The van der Waals surface area contributed by atoms with Crippen molar-refractivity contribution in [3.8, 4) is 16.9 Å². The summed E-state index contributed by atoms with van der Waals surface area (Å²) in [5, 5.41) is 2.88. The van der Waals surface area contributed by atoms with Crippen molar-refractivity contribution in [2.45, 2.75) is 31.2 Å². The Kier molecular flexibility index (Phi) is 5.04. The van der Waals surface area contributed by atoms with Gasteiger partial charge in [-0.25, -0.2) is 4.79 Å². The molecule has 0 aromatic heterocycles. The van der Waals surface area contributed by atoms with Gasteiger partial charge in [-0.05, 0) is 61.2 Å². The Morgan fingerprint density at radius 2 is 1.87 bits per heavy atom. The summed E-state index contributed by atoms with van der Waals surface area (Å²) in [6, 6.07) is 10.1. The average Bonchev–Trinajstić information content (AvgIpc) is 3.16. The number of rotatable bonds is 3. The van der Waals surface area contributed by atoms with Gasteiger partial charge >= 0.3 is 12.3 Å². The Hall–Kier alpha value is -2.74. The van der Waals surface area contributed by atoms with E-state index in [4.69, 9.17) is 9.47 Å². The topological polar surface area (TPSA) is 50.8 Å². The fraction of sp³-hybridized carbons (Fsp3) is 0.435. The molecule has 0 radical (unpaired) electrons. The molecule has 2 bridgehead atoms. The van der Waals surface area contributed by atoms with Gasteiger partial charge in [-0.3, -0.25) is 4.90 Å². The molecule has 0 aliphatic carbocycles. The minimum atomic E-state index is -4.40. The summed E-state index contributed by atoms with van der Waals surface area (Å²) in [6.07, 6.45) is -2.81. The molecule has 3 saturated heterocycles. The third-order valence-corrected chi connectivity index (χ3v) is 6.46. The van der Waals surface area contributed by atoms with Crippen molar-refractivity contribution in [3.63, 3.8) is 0 Å². The van der Waals surface area contributed by atoms with Gasteiger partial charge in [-0.2, -0.15) is 13.2 Å². The van der Waals surface area contributed by atoms with Gasteiger partial charge in [0.25, 0.3) is 0 Å². The van der Waals surface area contributed by atoms with Gasteiger partial charge in [0.15, 0.2) is 0 Å². The summed E-state index contributed by atoms with van der Waals surface area (Å²) in [4.78, 5) is 14.8. The molecule has 2 aromatic rings. The van der Waals surface area contributed by atoms with E-state index in [9.17, 15) is 18.0 Å². The molecular weight excluding hydrogens is 409 g/mol. The predicted octanol–water partition coefficient (Wildman–Crippen LogP) is 4.63. The van der Waals surface area contributed by atoms with Crippen LogP contribution in [0, 0.1) is 5.92 Å². The summed E-state index contributed by atoms with van der Waals surface area (Å²) >= 11 is 0. The molecule has 2 atom stereocenters. The van der Waals surface area contributed by atoms with Gasteiger partial charge in [0, 0.05) is 12.1 Å². The number of halogens is 3. The third-order valence-electron chi connectivity index (χ3n) is 6.46. The molecule has 1 amide bonds. The Morgan fingerprint density at radius 1 is 1.10 bits per heavy atom. The standard InChI is InChI=1S/C23H23F3N2O3/c24-23(25,26)17-3-1-2-15(10-17)16-4-5-18-19(13-30-20(18)11-16)27-22(29)31-21-12-28-8-6-14(21)7-9-28/h1-5,10-11,14,19,21H,6-9,12-13H2,(H,27,29)/t19?,21-/m1/s1. The van der Waals surface area contributed by atoms with E-state index in [1.807, 2.05) is 0 Å². The van der Waals surface area contributed by atoms with Crippen LogP contribution in [0.1, 0.15) is 30.0 Å². The van der Waals surface area contributed by atoms with E-state index in [0.717, 1.165) is 50.2 Å². The predicted molar refractivity (Wildman–Crippen MR) is 108 cm³/mol. The van der Waals surface area contributed by atoms with Crippen LogP contribution in [0.5, 0.6) is 5.75 Å². The van der Waals surface area contributed by atoms with Crippen LogP contribution in [0.25, 0.3) is 11.1 Å². The Bertz CT molecular complexity index is 986. The number of fused-ring (bicyclic) bond motifs is 4. The van der Waals surface area contributed by atoms with E-state index >= 15 is 0 Å². The molecule has 31 heavy (non-hydrogen) atoms. The number of carbonyl (C=O) groups excluding carboxylic acids is 1. The lowest BCUT2D eigenvalue weighted by Gasteiger charge is -2.43. The number of carbonyl (C=O) groups is 1. The molecule has 5 nitrogen and oxygen atoms in total. The van der Waals surface area contributed by atoms with E-state index in [2.05, 4.69) is 10.2 Å². The fourth-order valence-corrected chi connectivity index (χ4v) is 4.74. The van der Waals surface area contributed by atoms with E-state index in [1.165, 1.54) is 6.07 Å². The average molecular weight is 432 g/mol. The minimum Gasteiger partial charge on any atom is -0.491 e. The second-order valence-electron chi connectivity index (χ2n) is 8.42. The molecule has 4 aliphatic rings. The second-order valence-corrected chi connectivity index (χ2v) is 8.42. The molecule has 1 N–H and O–H groups in total. The van der Waals surface area contributed by atoms with Crippen molar-refractivity contribution >= 4 is 6.09 Å². The summed E-state index contributed by atoms with van der Waals surface area (Å²) < 4.78 is 50.4. The number of piperidine rings is 3. The summed E-state index contributed by atoms with van der Waals surface area (Å²) in [6.45, 7) is 3.20. The van der Waals surface area contributed by atoms with Crippen LogP contribution in [-0.2, 0) is 10.9 Å². The number of amides is 1. The number of nitrogens with one attached hydrogen (secondary N) is 1. The second kappa shape index (κ2) is 7.75. The smallest absolute Gasteiger partial charge is 0.416 e. The van der Waals surface area contributed by atoms with Crippen molar-refractivity contribution in [2.24, 2.45) is 5.92 Å². The van der Waals surface area contributed by atoms with Crippen LogP contribution in [-0.4, -0.2) is 43.3 Å². The lowest BCUT2D eigenvalue weighted by atomic mass is 9.86. The van der Waals surface area contributed by atoms with Crippen LogP contribution in [0.3, 0.4) is 0 Å². The molecule has 4 heterocycles. The monoisotopic (exact) mass is 432 g/mol. The number of alkyl carbamates (subject to hydrolysis) is 1. The zero-order chi connectivity index (χ0) is 21.6. The zero-order valence-electron chi connectivity index (χ0n) is 16.8. The fourth-order valence-electron chi connectivity index (χ4n) is 4.74. The van der Waals surface area contributed by atoms with Gasteiger partial charge < -0.3 is 14.8 Å². The van der Waals surface area contributed by atoms with Crippen LogP contribution >= 0.6 is 0 Å². The summed E-state index contributed by atoms with van der Waals surface area (Å²) in [7, 11) is 0. The van der Waals surface area contributed by atoms with E-state index in [-0.39, 0.29) is 18.8 Å². The van der Waals surface area contributed by atoms with Gasteiger partial charge in [0.1, 0.15) is 18.5 Å². The van der Waals surface area contributed by atoms with Crippen molar-refractivity contribution in [3.05, 3.63) is 53.6 Å². The number of ether oxygens (including phenoxy) is 2. The first-order valence-corrected chi connectivity index (χ1v) is 10.5. The quantitative estimate of drug-likeness (QED) is 0.769. The summed E-state index contributed by atoms with van der Waals surface area (Å²) in [5.41, 5.74) is 1.18. The van der Waals surface area contributed by atoms with Crippen LogP contribution < -0.4 is 10.1 Å². The zero-order valence-corrected chi connectivity index (χ0v) is 16.8. The molecule has 1 unspecified atom stereocenters. The first-order valence-electron chi connectivity index (χ1n) is 10.5. The van der Waals surface area contributed by atoms with E-state index < -0.39 is 17.8 Å². The highest BCUT2D eigenvalue weighted by molar-refractivity contribution is 5.70. The van der Waals surface area contributed by atoms with E-state index in [1.54, 1.807) is 24.3 Å². The van der Waals surface area contributed by atoms with Gasteiger partial charge in [0.05, 0.1) is 11.6 Å². The highest BCUT2D eigenvalue weighted by Crippen LogP contribution is 2.38. The summed E-state index contributed by atoms with van der Waals surface area (Å²) in [5.74, 6) is 0.987. The first kappa shape index (κ1) is 20.2. The number of hydrogen-bond acceptors (Lipinski definition) is 4. The lowest BCUT2D eigenvalue weighted by Crippen LogP contribution is -2.52. The normalized spacial score (nSPS) is 26.8. The van der Waals surface area contributed by atoms with Gasteiger partial charge in [-0.15, -0.1) is 0 Å². The molecule has 4 aliphatic heterocycles. The number of alkyl halides is 3. The molecular formula is C23H23F3N2O3. The number of benzene rings is 2. The van der Waals surface area contributed by atoms with Gasteiger partial charge in [0.2, 0.25) is 0 Å². The third kappa shape index (κ3) is 4.08. The number of nitrogens with zero attached hydrogens (tertiary/aromatic N) is 1. The maximum absolute atomic E-state index is 13.0. The van der Waals surface area contributed by atoms with Crippen molar-refractivity contribution < 1.29 is 27.4 Å². The molecule has 0 saturated carbocycles. The Labute approximate surface area is 178 Å². The SMILES string of the molecule is O=C(NC1COc2cc(-c3cccc(C(F)(F)F)c3)ccc21)O[C@@H]1CN2CCC1CC2. The van der Waals surface area contributed by atoms with Crippen molar-refractivity contribution in [2.75, 3.05) is 26.2 Å². The lowest BCUT2D eigenvalue weighted by molar-refractivity contribution is -0.137. The van der Waals surface area contributed by atoms with Gasteiger partial charge in [-0.1, -0.05) is 24.3 Å². The van der Waals surface area contributed by atoms with Crippen LogP contribution in [0.4, 0.5) is 18.0 Å². The van der Waals surface area contributed by atoms with E-state index in [0.29, 0.717) is 22.8 Å². The Morgan fingerprint density at radius 3 is 2.58 bits per heavy atom. The first-order chi connectivity index (χ1) is 14.9. The Balaban J connectivity index is 1.27. The molecule has 0 spiro atoms. The largest absolute Gasteiger partial charge is 0.491 e. The highest BCUT2D eigenvalue weighted by atomic mass is 19.4. The van der Waals surface area contributed by atoms with Crippen LogP contribution in [0.15, 0.2) is 42.5 Å². The maximum Gasteiger partial charge on any atom is 0.416 e. The number of hydrogen-bond donors (Lipinski definition) is 1. The van der Waals surface area contributed by atoms with Crippen molar-refractivity contribution in [1.29, 1.82) is 0 Å². The maximum atomic E-state index is 13.0. The molecule has 3 fully saturated rings. The molecule has 164 valence electrons. The molecule has 8 heteroatoms.